The summed E-state index contributed by atoms with van der Waals surface area (Å²) in [6, 6.07) is 7.17. The summed E-state index contributed by atoms with van der Waals surface area (Å²) in [5.41, 5.74) is 1.93. The highest BCUT2D eigenvalue weighted by Gasteiger charge is 2.32. The van der Waals surface area contributed by atoms with Crippen molar-refractivity contribution in [2.75, 3.05) is 53.1 Å². The zero-order valence-electron chi connectivity index (χ0n) is 18.8. The summed E-state index contributed by atoms with van der Waals surface area (Å²) in [4.78, 5) is 29.7. The molecule has 3 aliphatic heterocycles. The minimum Gasteiger partial charge on any atom is -0.507 e. The predicted octanol–water partition coefficient (Wildman–Crippen LogP) is 2.03. The number of aromatic nitrogens is 1. The van der Waals surface area contributed by atoms with Crippen molar-refractivity contribution in [3.8, 4) is 11.5 Å². The zero-order valence-corrected chi connectivity index (χ0v) is 18.8. The third kappa shape index (κ3) is 4.19. The number of ether oxygens (including phenoxy) is 3. The molecule has 0 bridgehead atoms. The lowest BCUT2D eigenvalue weighted by Crippen LogP contribution is -2.43. The minimum absolute atomic E-state index is 0.0454. The van der Waals surface area contributed by atoms with E-state index in [-0.39, 0.29) is 18.3 Å². The molecule has 176 valence electrons. The van der Waals surface area contributed by atoms with Gasteiger partial charge in [0.1, 0.15) is 23.1 Å². The lowest BCUT2D eigenvalue weighted by atomic mass is 10.1. The molecule has 0 unspecified atom stereocenters. The molecule has 1 saturated heterocycles. The van der Waals surface area contributed by atoms with E-state index in [0.717, 1.165) is 11.4 Å². The first kappa shape index (κ1) is 21.9. The summed E-state index contributed by atoms with van der Waals surface area (Å²) in [7, 11) is 1.53. The average Bonchev–Trinajstić information content (AvgIpc) is 3.38. The Labute approximate surface area is 196 Å². The summed E-state index contributed by atoms with van der Waals surface area (Å²) >= 11 is 0. The van der Waals surface area contributed by atoms with Gasteiger partial charge in [0.2, 0.25) is 0 Å². The smallest absolute Gasteiger partial charge is 0.260 e. The molecule has 0 atom stereocenters. The fourth-order valence-corrected chi connectivity index (χ4v) is 4.10. The average molecular weight is 463 g/mol. The normalized spacial score (nSPS) is 17.5. The SMILES string of the molecule is COc1c(OCC(=O)N2CCOCC2)ccc2c1N=C(/C=C(\O)c1cccnc1)N1CCN=C21. The molecule has 1 aromatic heterocycles. The molecule has 1 N–H and O–H groups in total. The molecule has 10 heteroatoms. The molecule has 0 radical (unpaired) electrons. The molecule has 34 heavy (non-hydrogen) atoms. The van der Waals surface area contributed by atoms with Crippen LogP contribution in [0.2, 0.25) is 0 Å². The largest absolute Gasteiger partial charge is 0.507 e. The number of aliphatic hydroxyl groups excluding tert-OH is 1. The van der Waals surface area contributed by atoms with Crippen molar-refractivity contribution >= 4 is 29.0 Å². The molecule has 1 fully saturated rings. The maximum atomic E-state index is 12.5. The fourth-order valence-electron chi connectivity index (χ4n) is 4.10. The van der Waals surface area contributed by atoms with E-state index >= 15 is 0 Å². The number of pyridine rings is 1. The number of hydrogen-bond acceptors (Lipinski definition) is 9. The van der Waals surface area contributed by atoms with Gasteiger partial charge in [-0.1, -0.05) is 0 Å². The Balaban J connectivity index is 1.46. The zero-order chi connectivity index (χ0) is 23.5. The molecule has 2 aromatic rings. The number of nitrogens with zero attached hydrogens (tertiary/aromatic N) is 5. The van der Waals surface area contributed by atoms with E-state index in [1.54, 1.807) is 41.6 Å². The number of carbonyl (C=O) groups is 1. The van der Waals surface area contributed by atoms with Crippen molar-refractivity contribution in [1.29, 1.82) is 0 Å². The first-order valence-corrected chi connectivity index (χ1v) is 11.1. The summed E-state index contributed by atoms with van der Waals surface area (Å²) in [5.74, 6) is 2.05. The maximum Gasteiger partial charge on any atom is 0.260 e. The summed E-state index contributed by atoms with van der Waals surface area (Å²) in [6.07, 6.45) is 4.82. The Hall–Kier alpha value is -3.92. The van der Waals surface area contributed by atoms with E-state index in [1.807, 2.05) is 11.0 Å². The second-order valence-electron chi connectivity index (χ2n) is 7.87. The molecule has 0 spiro atoms. The number of amidine groups is 2. The number of aliphatic imine (C=N–C) groups is 2. The van der Waals surface area contributed by atoms with Crippen LogP contribution < -0.4 is 9.47 Å². The van der Waals surface area contributed by atoms with Gasteiger partial charge in [-0.3, -0.25) is 14.8 Å². The fraction of sp³-hybridized carbons (Fsp3) is 0.333. The molecule has 1 aromatic carbocycles. The predicted molar refractivity (Wildman–Crippen MR) is 126 cm³/mol. The second-order valence-corrected chi connectivity index (χ2v) is 7.87. The van der Waals surface area contributed by atoms with Gasteiger partial charge in [0, 0.05) is 49.2 Å². The van der Waals surface area contributed by atoms with Crippen molar-refractivity contribution in [3.63, 3.8) is 0 Å². The van der Waals surface area contributed by atoms with Crippen LogP contribution in [0.3, 0.4) is 0 Å². The Kier molecular flexibility index (Phi) is 6.13. The highest BCUT2D eigenvalue weighted by atomic mass is 16.5. The van der Waals surface area contributed by atoms with Gasteiger partial charge in [0.25, 0.3) is 5.91 Å². The third-order valence-electron chi connectivity index (χ3n) is 5.82. The first-order chi connectivity index (χ1) is 16.7. The summed E-state index contributed by atoms with van der Waals surface area (Å²) in [5, 5.41) is 10.7. The number of carbonyl (C=O) groups excluding carboxylic acids is 1. The molecule has 0 saturated carbocycles. The van der Waals surface area contributed by atoms with Crippen LogP contribution in [0.15, 0.2) is 52.7 Å². The number of aliphatic hydroxyl groups is 1. The number of amides is 1. The van der Waals surface area contributed by atoms with Crippen LogP contribution in [0, 0.1) is 0 Å². The standard InChI is InChI=1S/C24H25N5O5/c1-32-23-19(34-15-21(31)28-9-11-33-12-10-28)5-4-17-22(23)27-20(29-8-7-26-24(17)29)13-18(30)16-3-2-6-25-14-16/h2-6,13-14,30H,7-12,15H2,1H3/b18-13-. The lowest BCUT2D eigenvalue weighted by molar-refractivity contribution is -0.137. The van der Waals surface area contributed by atoms with Crippen LogP contribution in [0.1, 0.15) is 11.1 Å². The maximum absolute atomic E-state index is 12.5. The molecule has 0 aliphatic carbocycles. The molecular weight excluding hydrogens is 438 g/mol. The van der Waals surface area contributed by atoms with Gasteiger partial charge in [-0.2, -0.15) is 0 Å². The Morgan fingerprint density at radius 1 is 1.24 bits per heavy atom. The Morgan fingerprint density at radius 2 is 2.09 bits per heavy atom. The highest BCUT2D eigenvalue weighted by Crippen LogP contribution is 2.43. The Bertz CT molecular complexity index is 1170. The molecule has 5 rings (SSSR count). The van der Waals surface area contributed by atoms with Crippen molar-refractivity contribution in [2.45, 2.75) is 0 Å². The van der Waals surface area contributed by atoms with Crippen LogP contribution in [0.5, 0.6) is 11.5 Å². The summed E-state index contributed by atoms with van der Waals surface area (Å²) < 4.78 is 16.8. The quantitative estimate of drug-likeness (QED) is 0.653. The van der Waals surface area contributed by atoms with Crippen LogP contribution in [-0.4, -0.2) is 90.6 Å². The van der Waals surface area contributed by atoms with Gasteiger partial charge in [-0.05, 0) is 24.3 Å². The third-order valence-corrected chi connectivity index (χ3v) is 5.82. The van der Waals surface area contributed by atoms with Crippen molar-refractivity contribution in [1.82, 2.24) is 14.8 Å². The van der Waals surface area contributed by atoms with E-state index in [9.17, 15) is 9.90 Å². The van der Waals surface area contributed by atoms with Crippen molar-refractivity contribution in [3.05, 3.63) is 53.9 Å². The Morgan fingerprint density at radius 3 is 2.85 bits per heavy atom. The monoisotopic (exact) mass is 463 g/mol. The highest BCUT2D eigenvalue weighted by molar-refractivity contribution is 6.20. The van der Waals surface area contributed by atoms with Crippen LogP contribution in [-0.2, 0) is 9.53 Å². The van der Waals surface area contributed by atoms with Crippen LogP contribution >= 0.6 is 0 Å². The van der Waals surface area contributed by atoms with Crippen molar-refractivity contribution < 1.29 is 24.1 Å². The first-order valence-electron chi connectivity index (χ1n) is 11.1. The summed E-state index contributed by atoms with van der Waals surface area (Å²) in [6.45, 7) is 3.33. The number of morpholine rings is 1. The topological polar surface area (TPSA) is 109 Å². The lowest BCUT2D eigenvalue weighted by Gasteiger charge is -2.28. The molecule has 10 nitrogen and oxygen atoms in total. The van der Waals surface area contributed by atoms with E-state index in [4.69, 9.17) is 19.2 Å². The van der Waals surface area contributed by atoms with Crippen LogP contribution in [0.25, 0.3) is 5.76 Å². The number of methoxy groups -OCH3 is 1. The second kappa shape index (κ2) is 9.52. The number of fused-ring (bicyclic) bond motifs is 3. The van der Waals surface area contributed by atoms with Gasteiger partial charge >= 0.3 is 0 Å². The molecular formula is C24H25N5O5. The van der Waals surface area contributed by atoms with E-state index in [1.165, 1.54) is 7.11 Å². The van der Waals surface area contributed by atoms with E-state index in [2.05, 4.69) is 9.98 Å². The minimum atomic E-state index is -0.111. The molecule has 3 aliphatic rings. The number of benzene rings is 1. The van der Waals surface area contributed by atoms with Gasteiger partial charge in [0.15, 0.2) is 18.1 Å². The number of hydrogen-bond donors (Lipinski definition) is 1. The van der Waals surface area contributed by atoms with E-state index in [0.29, 0.717) is 68.0 Å². The van der Waals surface area contributed by atoms with Gasteiger partial charge in [-0.15, -0.1) is 0 Å². The van der Waals surface area contributed by atoms with Crippen LogP contribution in [0.4, 0.5) is 5.69 Å². The van der Waals surface area contributed by atoms with Crippen molar-refractivity contribution in [2.24, 2.45) is 9.98 Å². The molecule has 1 amide bonds. The molecule has 4 heterocycles. The van der Waals surface area contributed by atoms with E-state index < -0.39 is 0 Å². The number of rotatable bonds is 6. The van der Waals surface area contributed by atoms with Gasteiger partial charge in [-0.25, -0.2) is 4.99 Å². The van der Waals surface area contributed by atoms with Gasteiger partial charge < -0.3 is 29.1 Å². The van der Waals surface area contributed by atoms with Gasteiger partial charge in [0.05, 0.1) is 26.9 Å².